The van der Waals surface area contributed by atoms with Gasteiger partial charge >= 0.3 is 0 Å². The highest BCUT2D eigenvalue weighted by Crippen LogP contribution is 2.15. The van der Waals surface area contributed by atoms with Crippen LogP contribution in [-0.4, -0.2) is 22.9 Å². The molecular formula is C9H12N2O2. The van der Waals surface area contributed by atoms with Crippen LogP contribution in [0.4, 0.5) is 0 Å². The second-order valence-corrected chi connectivity index (χ2v) is 2.83. The molecular weight excluding hydrogens is 168 g/mol. The van der Waals surface area contributed by atoms with Crippen LogP contribution in [0.1, 0.15) is 18.2 Å². The van der Waals surface area contributed by atoms with E-state index in [0.717, 1.165) is 11.3 Å². The summed E-state index contributed by atoms with van der Waals surface area (Å²) in [7, 11) is 1.55. The van der Waals surface area contributed by atoms with Gasteiger partial charge in [0.2, 0.25) is 5.88 Å². The third-order valence-electron chi connectivity index (χ3n) is 1.75. The number of ketones is 1. The van der Waals surface area contributed by atoms with Gasteiger partial charge in [0, 0.05) is 12.0 Å². The fraction of sp³-hybridized carbons (Fsp3) is 0.444. The number of rotatable bonds is 3. The van der Waals surface area contributed by atoms with Crippen molar-refractivity contribution in [2.75, 3.05) is 7.11 Å². The predicted octanol–water partition coefficient (Wildman–Crippen LogP) is 0.925. The summed E-state index contributed by atoms with van der Waals surface area (Å²) in [5, 5.41) is 0. The molecule has 0 spiro atoms. The van der Waals surface area contributed by atoms with Gasteiger partial charge in [0.05, 0.1) is 12.8 Å². The average Bonchev–Trinajstić information content (AvgIpc) is 2.08. The van der Waals surface area contributed by atoms with Crippen molar-refractivity contribution in [3.8, 4) is 5.88 Å². The van der Waals surface area contributed by atoms with Crippen LogP contribution in [0, 0.1) is 6.92 Å². The minimum atomic E-state index is 0.0869. The van der Waals surface area contributed by atoms with Crippen LogP contribution in [0.5, 0.6) is 5.88 Å². The number of nitrogens with zero attached hydrogens (tertiary/aromatic N) is 2. The van der Waals surface area contributed by atoms with E-state index in [2.05, 4.69) is 9.97 Å². The summed E-state index contributed by atoms with van der Waals surface area (Å²) in [6.07, 6.45) is 1.74. The average molecular weight is 180 g/mol. The summed E-state index contributed by atoms with van der Waals surface area (Å²) in [4.78, 5) is 18.8. The zero-order valence-electron chi connectivity index (χ0n) is 8.00. The molecule has 0 atom stereocenters. The zero-order chi connectivity index (χ0) is 9.84. The van der Waals surface area contributed by atoms with Gasteiger partial charge in [-0.2, -0.15) is 0 Å². The lowest BCUT2D eigenvalue weighted by atomic mass is 10.1. The van der Waals surface area contributed by atoms with Crippen LogP contribution >= 0.6 is 0 Å². The van der Waals surface area contributed by atoms with E-state index in [4.69, 9.17) is 4.74 Å². The number of hydrogen-bond donors (Lipinski definition) is 0. The number of ether oxygens (including phenoxy) is 1. The lowest BCUT2D eigenvalue weighted by Crippen LogP contribution is -2.04. The van der Waals surface area contributed by atoms with Crippen molar-refractivity contribution in [2.45, 2.75) is 20.3 Å². The standard InChI is InChI=1S/C9H12N2O2/c1-6(12)4-8-7(2)9(13-3)11-5-10-8/h5H,4H2,1-3H3. The van der Waals surface area contributed by atoms with E-state index in [-0.39, 0.29) is 5.78 Å². The first-order valence-corrected chi connectivity index (χ1v) is 3.99. The second-order valence-electron chi connectivity index (χ2n) is 2.83. The van der Waals surface area contributed by atoms with Crippen molar-refractivity contribution in [2.24, 2.45) is 0 Å². The zero-order valence-corrected chi connectivity index (χ0v) is 8.00. The molecule has 1 aromatic rings. The number of aromatic nitrogens is 2. The molecule has 70 valence electrons. The Balaban J connectivity index is 3.01. The van der Waals surface area contributed by atoms with E-state index in [9.17, 15) is 4.79 Å². The van der Waals surface area contributed by atoms with Crippen molar-refractivity contribution >= 4 is 5.78 Å². The SMILES string of the molecule is COc1ncnc(CC(C)=O)c1C. The molecule has 0 aliphatic rings. The minimum Gasteiger partial charge on any atom is -0.481 e. The minimum absolute atomic E-state index is 0.0869. The maximum Gasteiger partial charge on any atom is 0.219 e. The summed E-state index contributed by atoms with van der Waals surface area (Å²) in [6.45, 7) is 3.38. The van der Waals surface area contributed by atoms with Gasteiger partial charge < -0.3 is 4.74 Å². The van der Waals surface area contributed by atoms with Gasteiger partial charge in [0.1, 0.15) is 12.1 Å². The normalized spacial score (nSPS) is 9.77. The molecule has 0 saturated heterocycles. The first-order chi connectivity index (χ1) is 6.15. The maximum atomic E-state index is 10.9. The molecule has 0 bridgehead atoms. The second kappa shape index (κ2) is 3.98. The molecule has 1 rings (SSSR count). The Hall–Kier alpha value is -1.45. The summed E-state index contributed by atoms with van der Waals surface area (Å²) < 4.78 is 5.00. The van der Waals surface area contributed by atoms with Crippen LogP contribution < -0.4 is 4.74 Å². The highest BCUT2D eigenvalue weighted by molar-refractivity contribution is 5.78. The van der Waals surface area contributed by atoms with Gasteiger partial charge in [0.25, 0.3) is 0 Å². The van der Waals surface area contributed by atoms with E-state index in [0.29, 0.717) is 12.3 Å². The molecule has 4 heteroatoms. The molecule has 0 fully saturated rings. The van der Waals surface area contributed by atoms with Crippen LogP contribution in [0.3, 0.4) is 0 Å². The lowest BCUT2D eigenvalue weighted by molar-refractivity contribution is -0.116. The molecule has 0 aliphatic carbocycles. The summed E-state index contributed by atoms with van der Waals surface area (Å²) >= 11 is 0. The van der Waals surface area contributed by atoms with E-state index in [1.54, 1.807) is 7.11 Å². The number of carbonyl (C=O) groups is 1. The monoisotopic (exact) mass is 180 g/mol. The summed E-state index contributed by atoms with van der Waals surface area (Å²) in [6, 6.07) is 0. The Kier molecular flexibility index (Phi) is 2.95. The van der Waals surface area contributed by atoms with Gasteiger partial charge in [0.15, 0.2) is 0 Å². The molecule has 0 unspecified atom stereocenters. The van der Waals surface area contributed by atoms with Crippen molar-refractivity contribution in [1.82, 2.24) is 9.97 Å². The number of hydrogen-bond acceptors (Lipinski definition) is 4. The molecule has 0 aliphatic heterocycles. The number of methoxy groups -OCH3 is 1. The van der Waals surface area contributed by atoms with Crippen LogP contribution in [-0.2, 0) is 11.2 Å². The molecule has 13 heavy (non-hydrogen) atoms. The van der Waals surface area contributed by atoms with Gasteiger partial charge in [-0.05, 0) is 13.8 Å². The van der Waals surface area contributed by atoms with E-state index in [1.807, 2.05) is 6.92 Å². The van der Waals surface area contributed by atoms with Crippen LogP contribution in [0.15, 0.2) is 6.33 Å². The molecule has 4 nitrogen and oxygen atoms in total. The molecule has 0 amide bonds. The molecule has 1 heterocycles. The molecule has 1 aromatic heterocycles. The largest absolute Gasteiger partial charge is 0.481 e. The van der Waals surface area contributed by atoms with Gasteiger partial charge in [-0.15, -0.1) is 0 Å². The Morgan fingerprint density at radius 2 is 2.23 bits per heavy atom. The van der Waals surface area contributed by atoms with Gasteiger partial charge in [-0.1, -0.05) is 0 Å². The third kappa shape index (κ3) is 2.24. The van der Waals surface area contributed by atoms with E-state index in [1.165, 1.54) is 13.3 Å². The number of Topliss-reactive ketones (excluding diaryl/α,β-unsaturated/α-hetero) is 1. The van der Waals surface area contributed by atoms with E-state index < -0.39 is 0 Å². The summed E-state index contributed by atoms with van der Waals surface area (Å²) in [5.41, 5.74) is 1.57. The first-order valence-electron chi connectivity index (χ1n) is 3.99. The summed E-state index contributed by atoms with van der Waals surface area (Å²) in [5.74, 6) is 0.620. The predicted molar refractivity (Wildman–Crippen MR) is 47.7 cm³/mol. The van der Waals surface area contributed by atoms with Crippen molar-refractivity contribution in [3.05, 3.63) is 17.6 Å². The lowest BCUT2D eigenvalue weighted by Gasteiger charge is -2.05. The van der Waals surface area contributed by atoms with Crippen LogP contribution in [0.2, 0.25) is 0 Å². The molecule has 0 saturated carbocycles. The topological polar surface area (TPSA) is 52.1 Å². The molecule has 0 aromatic carbocycles. The van der Waals surface area contributed by atoms with E-state index >= 15 is 0 Å². The first kappa shape index (κ1) is 9.64. The fourth-order valence-electron chi connectivity index (χ4n) is 1.09. The quantitative estimate of drug-likeness (QED) is 0.694. The smallest absolute Gasteiger partial charge is 0.219 e. The van der Waals surface area contributed by atoms with Crippen molar-refractivity contribution in [1.29, 1.82) is 0 Å². The number of carbonyl (C=O) groups excluding carboxylic acids is 1. The Bertz CT molecular complexity index is 323. The van der Waals surface area contributed by atoms with Crippen molar-refractivity contribution < 1.29 is 9.53 Å². The maximum absolute atomic E-state index is 10.9. The van der Waals surface area contributed by atoms with Gasteiger partial charge in [-0.25, -0.2) is 9.97 Å². The Labute approximate surface area is 77.0 Å². The van der Waals surface area contributed by atoms with Crippen LogP contribution in [0.25, 0.3) is 0 Å². The van der Waals surface area contributed by atoms with Gasteiger partial charge in [-0.3, -0.25) is 4.79 Å². The Morgan fingerprint density at radius 3 is 2.77 bits per heavy atom. The Morgan fingerprint density at radius 1 is 1.54 bits per heavy atom. The highest BCUT2D eigenvalue weighted by atomic mass is 16.5. The van der Waals surface area contributed by atoms with Crippen molar-refractivity contribution in [3.63, 3.8) is 0 Å². The molecule has 0 N–H and O–H groups in total. The molecule has 0 radical (unpaired) electrons. The highest BCUT2D eigenvalue weighted by Gasteiger charge is 2.08. The third-order valence-corrected chi connectivity index (χ3v) is 1.75. The fourth-order valence-corrected chi connectivity index (χ4v) is 1.09.